The number of ketones is 1. The first-order valence-corrected chi connectivity index (χ1v) is 12.7. The Bertz CT molecular complexity index is 1330. The molecule has 1 amide bonds. The number of hydrogen-bond donors (Lipinski definition) is 2. The van der Waals surface area contributed by atoms with Gasteiger partial charge in [-0.2, -0.15) is 0 Å². The monoisotopic (exact) mass is 481 g/mol. The number of carbonyl (C=O) groups excluding carboxylic acids is 2. The highest BCUT2D eigenvalue weighted by atomic mass is 16.3. The molecule has 3 aromatic rings. The molecule has 1 unspecified atom stereocenters. The third-order valence-electron chi connectivity index (χ3n) is 7.55. The summed E-state index contributed by atoms with van der Waals surface area (Å²) in [5.41, 5.74) is 5.84. The predicted molar refractivity (Wildman–Crippen MR) is 140 cm³/mol. The van der Waals surface area contributed by atoms with Crippen LogP contribution in [0.5, 0.6) is 0 Å². The van der Waals surface area contributed by atoms with Crippen LogP contribution in [0.4, 0.5) is 11.4 Å². The van der Waals surface area contributed by atoms with Crippen LogP contribution in [0.15, 0.2) is 82.6 Å². The minimum absolute atomic E-state index is 0.0631. The van der Waals surface area contributed by atoms with E-state index in [1.807, 2.05) is 53.4 Å². The summed E-state index contributed by atoms with van der Waals surface area (Å²) in [5, 5.41) is 6.83. The van der Waals surface area contributed by atoms with E-state index in [1.54, 1.807) is 6.26 Å². The van der Waals surface area contributed by atoms with E-state index in [4.69, 9.17) is 4.42 Å². The number of anilines is 2. The molecule has 1 aliphatic heterocycles. The van der Waals surface area contributed by atoms with E-state index >= 15 is 0 Å². The van der Waals surface area contributed by atoms with Gasteiger partial charge in [-0.25, -0.2) is 0 Å². The van der Waals surface area contributed by atoms with Crippen molar-refractivity contribution in [2.45, 2.75) is 51.6 Å². The van der Waals surface area contributed by atoms with Crippen molar-refractivity contribution in [2.75, 3.05) is 16.8 Å². The fourth-order valence-corrected chi connectivity index (χ4v) is 6.06. The molecule has 0 saturated carbocycles. The number of amides is 1. The minimum atomic E-state index is -0.485. The van der Waals surface area contributed by atoms with E-state index in [-0.39, 0.29) is 29.7 Å². The van der Waals surface area contributed by atoms with Gasteiger partial charge in [0.15, 0.2) is 5.78 Å². The number of nitrogens with one attached hydrogen (secondary N) is 2. The fraction of sp³-hybridized carbons (Fsp3) is 0.333. The van der Waals surface area contributed by atoms with Crippen LogP contribution in [0.1, 0.15) is 49.6 Å². The zero-order valence-electron chi connectivity index (χ0n) is 20.7. The summed E-state index contributed by atoms with van der Waals surface area (Å²) in [7, 11) is 0. The van der Waals surface area contributed by atoms with Crippen LogP contribution in [0.2, 0.25) is 0 Å². The number of fused-ring (bicyclic) bond motifs is 2. The lowest BCUT2D eigenvalue weighted by Crippen LogP contribution is -2.45. The van der Waals surface area contributed by atoms with Crippen molar-refractivity contribution < 1.29 is 14.0 Å². The van der Waals surface area contributed by atoms with Gasteiger partial charge in [0.25, 0.3) is 0 Å². The van der Waals surface area contributed by atoms with Crippen molar-refractivity contribution >= 4 is 23.1 Å². The standard InChI is InChI=1S/C30H31N3O3/c1-30(2)16-23-28(25(34)17-30)29(26-12-7-13-36-26)33(24-11-6-5-10-22(24)32-23)18-27(35)31-21-14-19-8-3-4-9-20(19)15-21/h3-13,21,29,32H,14-18H2,1-2H3,(H,31,35). The molecule has 0 spiro atoms. The fourth-order valence-electron chi connectivity index (χ4n) is 6.06. The number of nitrogens with zero attached hydrogens (tertiary/aromatic N) is 1. The van der Waals surface area contributed by atoms with Crippen molar-refractivity contribution in [3.63, 3.8) is 0 Å². The van der Waals surface area contributed by atoms with Crippen LogP contribution < -0.4 is 15.5 Å². The Morgan fingerprint density at radius 3 is 2.47 bits per heavy atom. The molecule has 2 aromatic carbocycles. The van der Waals surface area contributed by atoms with Gasteiger partial charge in [0.2, 0.25) is 5.91 Å². The van der Waals surface area contributed by atoms with E-state index in [0.29, 0.717) is 17.8 Å². The highest BCUT2D eigenvalue weighted by molar-refractivity contribution is 6.01. The predicted octanol–water partition coefficient (Wildman–Crippen LogP) is 5.18. The van der Waals surface area contributed by atoms with Crippen LogP contribution in [0, 0.1) is 5.41 Å². The summed E-state index contributed by atoms with van der Waals surface area (Å²) in [5.74, 6) is 0.696. The Hall–Kier alpha value is -3.80. The summed E-state index contributed by atoms with van der Waals surface area (Å²) in [6.07, 6.45) is 4.52. The lowest BCUT2D eigenvalue weighted by atomic mass is 9.74. The molecule has 0 radical (unpaired) electrons. The van der Waals surface area contributed by atoms with Gasteiger partial charge >= 0.3 is 0 Å². The number of allylic oxidation sites excluding steroid dienone is 1. The number of furan rings is 1. The topological polar surface area (TPSA) is 74.6 Å². The van der Waals surface area contributed by atoms with E-state index in [2.05, 4.69) is 36.6 Å². The second-order valence-corrected chi connectivity index (χ2v) is 11.0. The first kappa shape index (κ1) is 22.7. The number of benzene rings is 2. The molecule has 0 fully saturated rings. The number of carbonyl (C=O) groups is 2. The Kier molecular flexibility index (Phi) is 5.47. The second-order valence-electron chi connectivity index (χ2n) is 11.0. The van der Waals surface area contributed by atoms with Gasteiger partial charge in [-0.05, 0) is 60.1 Å². The summed E-state index contributed by atoms with van der Waals surface area (Å²) >= 11 is 0. The van der Waals surface area contributed by atoms with Gasteiger partial charge in [-0.3, -0.25) is 9.59 Å². The third-order valence-corrected chi connectivity index (χ3v) is 7.55. The summed E-state index contributed by atoms with van der Waals surface area (Å²) < 4.78 is 5.89. The zero-order valence-corrected chi connectivity index (χ0v) is 20.7. The van der Waals surface area contributed by atoms with Crippen molar-refractivity contribution in [2.24, 2.45) is 5.41 Å². The van der Waals surface area contributed by atoms with Crippen LogP contribution in [0.3, 0.4) is 0 Å². The molecule has 6 rings (SSSR count). The van der Waals surface area contributed by atoms with Gasteiger partial charge in [0, 0.05) is 23.7 Å². The molecule has 6 nitrogen and oxygen atoms in total. The van der Waals surface area contributed by atoms with Gasteiger partial charge in [-0.15, -0.1) is 0 Å². The Morgan fingerprint density at radius 1 is 1.03 bits per heavy atom. The smallest absolute Gasteiger partial charge is 0.239 e. The summed E-state index contributed by atoms with van der Waals surface area (Å²) in [6.45, 7) is 4.37. The van der Waals surface area contributed by atoms with Crippen molar-refractivity contribution in [3.8, 4) is 0 Å². The molecule has 2 aliphatic carbocycles. The molecule has 1 atom stereocenters. The van der Waals surface area contributed by atoms with Gasteiger partial charge in [-0.1, -0.05) is 50.2 Å². The molecule has 184 valence electrons. The summed E-state index contributed by atoms with van der Waals surface area (Å²) in [6, 6.07) is 19.6. The first-order valence-electron chi connectivity index (χ1n) is 12.7. The minimum Gasteiger partial charge on any atom is -0.467 e. The number of hydrogen-bond acceptors (Lipinski definition) is 5. The number of Topliss-reactive ketones (excluding diaryl/α,β-unsaturated/α-hetero) is 1. The van der Waals surface area contributed by atoms with E-state index in [0.717, 1.165) is 36.3 Å². The van der Waals surface area contributed by atoms with Crippen molar-refractivity contribution in [1.29, 1.82) is 0 Å². The number of para-hydroxylation sites is 2. The van der Waals surface area contributed by atoms with E-state index in [1.165, 1.54) is 11.1 Å². The quantitative estimate of drug-likeness (QED) is 0.537. The molecule has 36 heavy (non-hydrogen) atoms. The van der Waals surface area contributed by atoms with Crippen LogP contribution in [0.25, 0.3) is 0 Å². The number of rotatable bonds is 4. The highest BCUT2D eigenvalue weighted by Crippen LogP contribution is 2.48. The molecular weight excluding hydrogens is 450 g/mol. The molecule has 0 saturated heterocycles. The average molecular weight is 482 g/mol. The lowest BCUT2D eigenvalue weighted by molar-refractivity contribution is -0.121. The second kappa shape index (κ2) is 8.70. The third kappa shape index (κ3) is 4.11. The molecule has 0 bridgehead atoms. The molecular formula is C30H31N3O3. The van der Waals surface area contributed by atoms with Gasteiger partial charge < -0.3 is 20.0 Å². The van der Waals surface area contributed by atoms with E-state index in [9.17, 15) is 9.59 Å². The maximum Gasteiger partial charge on any atom is 0.239 e. The molecule has 3 aliphatic rings. The SMILES string of the molecule is CC1(C)CC(=O)C2=C(C1)Nc1ccccc1N(CC(=O)NC1Cc3ccccc3C1)C2c1ccco1. The Morgan fingerprint density at radius 2 is 1.75 bits per heavy atom. The van der Waals surface area contributed by atoms with Gasteiger partial charge in [0.1, 0.15) is 11.8 Å². The average Bonchev–Trinajstić information content (AvgIpc) is 3.47. The normalized spacial score (nSPS) is 20.8. The summed E-state index contributed by atoms with van der Waals surface area (Å²) in [4.78, 5) is 29.1. The Labute approximate surface area is 211 Å². The Balaban J connectivity index is 1.37. The maximum atomic E-state index is 13.6. The lowest BCUT2D eigenvalue weighted by Gasteiger charge is -2.36. The van der Waals surface area contributed by atoms with Crippen molar-refractivity contribution in [1.82, 2.24) is 5.32 Å². The van der Waals surface area contributed by atoms with Crippen LogP contribution in [-0.2, 0) is 22.4 Å². The molecule has 1 aromatic heterocycles. The van der Waals surface area contributed by atoms with Gasteiger partial charge in [0.05, 0.1) is 24.2 Å². The molecule has 2 heterocycles. The first-order chi connectivity index (χ1) is 17.4. The zero-order chi connectivity index (χ0) is 24.9. The molecule has 6 heteroatoms. The van der Waals surface area contributed by atoms with Crippen molar-refractivity contribution in [3.05, 3.63) is 95.1 Å². The maximum absolute atomic E-state index is 13.6. The largest absolute Gasteiger partial charge is 0.467 e. The molecule has 2 N–H and O–H groups in total. The van der Waals surface area contributed by atoms with E-state index < -0.39 is 6.04 Å². The van der Waals surface area contributed by atoms with Crippen LogP contribution in [-0.4, -0.2) is 24.3 Å². The highest BCUT2D eigenvalue weighted by Gasteiger charge is 2.43. The van der Waals surface area contributed by atoms with Crippen LogP contribution >= 0.6 is 0 Å².